The first-order valence-corrected chi connectivity index (χ1v) is 16.6. The Morgan fingerprint density at radius 3 is 1.92 bits per heavy atom. The minimum Gasteiger partial charge on any atom is -0.310 e. The molecule has 0 saturated carbocycles. The highest BCUT2D eigenvalue weighted by Gasteiger charge is 2.47. The van der Waals surface area contributed by atoms with E-state index in [9.17, 15) is 4.39 Å². The van der Waals surface area contributed by atoms with Crippen molar-refractivity contribution in [2.24, 2.45) is 0 Å². The summed E-state index contributed by atoms with van der Waals surface area (Å²) < 4.78 is 16.3. The molecule has 0 fully saturated rings. The Balaban J connectivity index is 1.19. The van der Waals surface area contributed by atoms with Gasteiger partial charge in [-0.3, -0.25) is 0 Å². The molecule has 2 aliphatic rings. The summed E-state index contributed by atoms with van der Waals surface area (Å²) in [4.78, 5) is 2.38. The number of hydrogen-bond donors (Lipinski definition) is 0. The number of para-hydroxylation sites is 2. The smallest absolute Gasteiger partial charge is 0.123 e. The maximum absolute atomic E-state index is 14.1. The van der Waals surface area contributed by atoms with Gasteiger partial charge >= 0.3 is 0 Å². The van der Waals surface area contributed by atoms with E-state index < -0.39 is 0 Å². The van der Waals surface area contributed by atoms with Crippen LogP contribution in [-0.4, -0.2) is 4.57 Å². The maximum atomic E-state index is 14.1. The van der Waals surface area contributed by atoms with Gasteiger partial charge in [-0.25, -0.2) is 4.39 Å². The summed E-state index contributed by atoms with van der Waals surface area (Å²) in [6, 6.07) is 57.7. The third kappa shape index (κ3) is 3.91. The van der Waals surface area contributed by atoms with Gasteiger partial charge in [0.1, 0.15) is 5.82 Å². The second-order valence-electron chi connectivity index (χ2n) is 13.2. The summed E-state index contributed by atoms with van der Waals surface area (Å²) in [6.45, 7) is 0. The van der Waals surface area contributed by atoms with Gasteiger partial charge in [0.15, 0.2) is 0 Å². The van der Waals surface area contributed by atoms with Crippen LogP contribution in [0.5, 0.6) is 0 Å². The lowest BCUT2D eigenvalue weighted by Crippen LogP contribution is -2.26. The fourth-order valence-electron chi connectivity index (χ4n) is 8.57. The monoisotopic (exact) mass is 618 g/mol. The van der Waals surface area contributed by atoms with E-state index in [4.69, 9.17) is 0 Å². The van der Waals surface area contributed by atoms with Crippen LogP contribution in [0, 0.1) is 5.82 Å². The Bertz CT molecular complexity index is 2500. The van der Waals surface area contributed by atoms with E-state index in [1.807, 2.05) is 12.1 Å². The van der Waals surface area contributed by atoms with E-state index in [0.717, 1.165) is 46.6 Å². The molecule has 1 spiro atoms. The van der Waals surface area contributed by atoms with Gasteiger partial charge in [0.05, 0.1) is 11.0 Å². The molecule has 3 heteroatoms. The van der Waals surface area contributed by atoms with Crippen molar-refractivity contribution in [2.75, 3.05) is 4.90 Å². The fraction of sp³-hybridized carbons (Fsp3) is 0.0667. The maximum Gasteiger partial charge on any atom is 0.123 e. The van der Waals surface area contributed by atoms with E-state index in [1.54, 1.807) is 0 Å². The van der Waals surface area contributed by atoms with E-state index in [0.29, 0.717) is 0 Å². The summed E-state index contributed by atoms with van der Waals surface area (Å²) in [7, 11) is 0. The first kappa shape index (κ1) is 27.2. The van der Waals surface area contributed by atoms with Crippen LogP contribution in [0.4, 0.5) is 21.5 Å². The normalized spacial score (nSPS) is 13.9. The van der Waals surface area contributed by atoms with Crippen LogP contribution in [0.3, 0.4) is 0 Å². The molecule has 1 aromatic heterocycles. The molecule has 0 N–H and O–H groups in total. The molecule has 2 aliphatic carbocycles. The second kappa shape index (κ2) is 10.3. The molecule has 7 aromatic carbocycles. The predicted octanol–water partition coefficient (Wildman–Crippen LogP) is 11.5. The lowest BCUT2D eigenvalue weighted by molar-refractivity contribution is 0.563. The topological polar surface area (TPSA) is 8.17 Å². The Morgan fingerprint density at radius 2 is 1.10 bits per heavy atom. The van der Waals surface area contributed by atoms with Gasteiger partial charge < -0.3 is 9.47 Å². The van der Waals surface area contributed by atoms with Crippen LogP contribution in [0.25, 0.3) is 38.6 Å². The Morgan fingerprint density at radius 1 is 0.479 bits per heavy atom. The van der Waals surface area contributed by atoms with Crippen LogP contribution < -0.4 is 4.90 Å². The van der Waals surface area contributed by atoms with Gasteiger partial charge in [-0.1, -0.05) is 97.1 Å². The number of rotatable bonds is 4. The quantitative estimate of drug-likeness (QED) is 0.191. The molecule has 0 aliphatic heterocycles. The number of nitrogens with zero attached hydrogens (tertiary/aromatic N) is 2. The zero-order chi connectivity index (χ0) is 31.8. The van der Waals surface area contributed by atoms with E-state index >= 15 is 0 Å². The van der Waals surface area contributed by atoms with Crippen molar-refractivity contribution in [3.8, 4) is 16.8 Å². The summed E-state index contributed by atoms with van der Waals surface area (Å²) in [6.07, 6.45) is 2.01. The van der Waals surface area contributed by atoms with Crippen molar-refractivity contribution in [1.29, 1.82) is 0 Å². The van der Waals surface area contributed by atoms with Gasteiger partial charge in [0.2, 0.25) is 0 Å². The second-order valence-corrected chi connectivity index (χ2v) is 13.2. The highest BCUT2D eigenvalue weighted by atomic mass is 19.1. The standard InChI is InChI=1S/C45H31FN2/c46-32-18-20-34(21-19-32)48-43-17-9-7-15-39(43)40-25-23-36(27-44(40)48)47(33-12-2-1-3-13-33)35-22-24-38-37-14-6-8-16-41(37)45(42(38)26-35)28-30-10-4-5-11-31(30)29-45/h1-27H,28-29H2. The Kier molecular flexibility index (Phi) is 5.83. The van der Waals surface area contributed by atoms with Gasteiger partial charge in [-0.05, 0) is 113 Å². The number of halogens is 1. The van der Waals surface area contributed by atoms with Crippen molar-refractivity contribution in [1.82, 2.24) is 4.57 Å². The summed E-state index contributed by atoms with van der Waals surface area (Å²) in [5, 5.41) is 2.34. The molecule has 8 aromatic rings. The number of benzene rings is 7. The number of anilines is 3. The molecule has 228 valence electrons. The average molecular weight is 619 g/mol. The van der Waals surface area contributed by atoms with Crippen LogP contribution in [0.15, 0.2) is 164 Å². The summed E-state index contributed by atoms with van der Waals surface area (Å²) in [5.41, 5.74) is 14.7. The van der Waals surface area contributed by atoms with E-state index in [-0.39, 0.29) is 11.2 Å². The lowest BCUT2D eigenvalue weighted by Gasteiger charge is -2.30. The number of aromatic nitrogens is 1. The van der Waals surface area contributed by atoms with E-state index in [2.05, 4.69) is 149 Å². The zero-order valence-corrected chi connectivity index (χ0v) is 26.3. The third-order valence-electron chi connectivity index (χ3n) is 10.6. The Labute approximate surface area is 279 Å². The fourth-order valence-corrected chi connectivity index (χ4v) is 8.57. The molecule has 48 heavy (non-hydrogen) atoms. The Hall–Kier alpha value is -5.93. The largest absolute Gasteiger partial charge is 0.310 e. The van der Waals surface area contributed by atoms with Crippen molar-refractivity contribution in [2.45, 2.75) is 18.3 Å². The van der Waals surface area contributed by atoms with Crippen molar-refractivity contribution in [3.63, 3.8) is 0 Å². The molecule has 0 unspecified atom stereocenters. The predicted molar refractivity (Wildman–Crippen MR) is 195 cm³/mol. The molecule has 2 nitrogen and oxygen atoms in total. The molecule has 0 saturated heterocycles. The number of fused-ring (bicyclic) bond motifs is 9. The average Bonchev–Trinajstić information content (AvgIpc) is 3.77. The van der Waals surface area contributed by atoms with Gasteiger partial charge in [0, 0.05) is 38.9 Å². The lowest BCUT2D eigenvalue weighted by atomic mass is 9.75. The van der Waals surface area contributed by atoms with Crippen molar-refractivity contribution < 1.29 is 4.39 Å². The summed E-state index contributed by atoms with van der Waals surface area (Å²) >= 11 is 0. The van der Waals surface area contributed by atoms with Crippen LogP contribution in [0.2, 0.25) is 0 Å². The van der Waals surface area contributed by atoms with Gasteiger partial charge in [0.25, 0.3) is 0 Å². The molecule has 0 radical (unpaired) electrons. The highest BCUT2D eigenvalue weighted by molar-refractivity contribution is 6.10. The molecule has 0 bridgehead atoms. The van der Waals surface area contributed by atoms with Crippen molar-refractivity contribution >= 4 is 38.9 Å². The highest BCUT2D eigenvalue weighted by Crippen LogP contribution is 2.56. The third-order valence-corrected chi connectivity index (χ3v) is 10.6. The zero-order valence-electron chi connectivity index (χ0n) is 26.3. The summed E-state index contributed by atoms with van der Waals surface area (Å²) in [5.74, 6) is -0.239. The molecule has 1 heterocycles. The van der Waals surface area contributed by atoms with Crippen molar-refractivity contribution in [3.05, 3.63) is 192 Å². The minimum absolute atomic E-state index is 0.0903. The van der Waals surface area contributed by atoms with Crippen LogP contribution in [0.1, 0.15) is 22.3 Å². The van der Waals surface area contributed by atoms with Gasteiger partial charge in [-0.2, -0.15) is 0 Å². The molecule has 0 amide bonds. The molecule has 10 rings (SSSR count). The number of hydrogen-bond acceptors (Lipinski definition) is 1. The first-order chi connectivity index (χ1) is 23.7. The first-order valence-electron chi connectivity index (χ1n) is 16.6. The molecular formula is C45H31FN2. The SMILES string of the molecule is Fc1ccc(-n2c3ccccc3c3ccc(N(c4ccccc4)c4ccc5c(c4)C4(Cc6ccccc6C4)c4ccccc4-5)cc32)cc1. The van der Waals surface area contributed by atoms with Crippen LogP contribution >= 0.6 is 0 Å². The molecular weight excluding hydrogens is 588 g/mol. The molecule has 0 atom stereocenters. The van der Waals surface area contributed by atoms with Crippen LogP contribution in [-0.2, 0) is 18.3 Å². The minimum atomic E-state index is -0.239. The van der Waals surface area contributed by atoms with Gasteiger partial charge in [-0.15, -0.1) is 0 Å². The van der Waals surface area contributed by atoms with E-state index in [1.165, 1.54) is 56.3 Å².